The van der Waals surface area contributed by atoms with Gasteiger partial charge in [-0.05, 0) is 12.8 Å². The number of aliphatic hydroxyl groups is 2. The Bertz CT molecular complexity index is 118. The van der Waals surface area contributed by atoms with Gasteiger partial charge >= 0.3 is 0 Å². The molecule has 0 aliphatic rings. The van der Waals surface area contributed by atoms with Crippen molar-refractivity contribution >= 4 is 0 Å². The minimum atomic E-state index is -0.390. The highest BCUT2D eigenvalue weighted by Crippen LogP contribution is 2.30. The van der Waals surface area contributed by atoms with Crippen molar-refractivity contribution in [3.05, 3.63) is 0 Å². The van der Waals surface area contributed by atoms with Crippen LogP contribution in [0.3, 0.4) is 0 Å². The fraction of sp³-hybridized carbons (Fsp3) is 1.00. The minimum Gasteiger partial charge on any atom is -0.392 e. The van der Waals surface area contributed by atoms with Crippen molar-refractivity contribution < 1.29 is 10.2 Å². The zero-order valence-corrected chi connectivity index (χ0v) is 9.38. The highest BCUT2D eigenvalue weighted by Gasteiger charge is 2.33. The van der Waals surface area contributed by atoms with E-state index in [0.717, 1.165) is 25.7 Å². The van der Waals surface area contributed by atoms with Crippen molar-refractivity contribution in [1.82, 2.24) is 0 Å². The average molecular weight is 188 g/mol. The summed E-state index contributed by atoms with van der Waals surface area (Å²) in [5, 5.41) is 19.6. The molecule has 2 N–H and O–H groups in total. The Morgan fingerprint density at radius 3 is 1.46 bits per heavy atom. The van der Waals surface area contributed by atoms with E-state index in [9.17, 15) is 10.2 Å². The molecule has 0 aromatic heterocycles. The van der Waals surface area contributed by atoms with Crippen LogP contribution in [0, 0.1) is 5.41 Å². The fourth-order valence-corrected chi connectivity index (χ4v) is 1.51. The summed E-state index contributed by atoms with van der Waals surface area (Å²) in [6.07, 6.45) is 2.69. The third-order valence-corrected chi connectivity index (χ3v) is 2.84. The van der Waals surface area contributed by atoms with Gasteiger partial charge in [-0.1, -0.05) is 40.5 Å². The molecule has 13 heavy (non-hydrogen) atoms. The topological polar surface area (TPSA) is 40.5 Å². The summed E-state index contributed by atoms with van der Waals surface area (Å²) in [4.78, 5) is 0. The van der Waals surface area contributed by atoms with E-state index in [0.29, 0.717) is 0 Å². The molecule has 0 fully saturated rings. The van der Waals surface area contributed by atoms with Crippen molar-refractivity contribution in [3.63, 3.8) is 0 Å². The fourth-order valence-electron chi connectivity index (χ4n) is 1.51. The zero-order valence-electron chi connectivity index (χ0n) is 9.38. The normalized spacial score (nSPS) is 17.1. The molecule has 2 atom stereocenters. The second kappa shape index (κ2) is 5.61. The SMILES string of the molecule is CCCC(O)C(C)(C)C(O)CCC. The van der Waals surface area contributed by atoms with Crippen molar-refractivity contribution in [2.24, 2.45) is 5.41 Å². The molecule has 0 radical (unpaired) electrons. The molecule has 0 spiro atoms. The summed E-state index contributed by atoms with van der Waals surface area (Å²) in [6, 6.07) is 0. The summed E-state index contributed by atoms with van der Waals surface area (Å²) in [5.74, 6) is 0. The van der Waals surface area contributed by atoms with Gasteiger partial charge < -0.3 is 10.2 Å². The largest absolute Gasteiger partial charge is 0.392 e. The van der Waals surface area contributed by atoms with Crippen LogP contribution < -0.4 is 0 Å². The second-order valence-electron chi connectivity index (χ2n) is 4.43. The van der Waals surface area contributed by atoms with Crippen molar-refractivity contribution in [1.29, 1.82) is 0 Å². The predicted molar refractivity (Wildman–Crippen MR) is 55.6 cm³/mol. The van der Waals surface area contributed by atoms with Crippen LogP contribution in [0.25, 0.3) is 0 Å². The second-order valence-corrected chi connectivity index (χ2v) is 4.43. The lowest BCUT2D eigenvalue weighted by molar-refractivity contribution is -0.0541. The highest BCUT2D eigenvalue weighted by atomic mass is 16.3. The maximum Gasteiger partial charge on any atom is 0.0615 e. The maximum absolute atomic E-state index is 9.81. The monoisotopic (exact) mass is 188 g/mol. The molecule has 0 aromatic carbocycles. The molecule has 0 saturated carbocycles. The van der Waals surface area contributed by atoms with Gasteiger partial charge in [-0.2, -0.15) is 0 Å². The molecule has 0 heterocycles. The quantitative estimate of drug-likeness (QED) is 0.671. The molecule has 2 nitrogen and oxygen atoms in total. The van der Waals surface area contributed by atoms with E-state index in [4.69, 9.17) is 0 Å². The Hall–Kier alpha value is -0.0800. The van der Waals surface area contributed by atoms with Gasteiger partial charge in [-0.3, -0.25) is 0 Å². The molecule has 2 unspecified atom stereocenters. The Kier molecular flexibility index (Phi) is 5.57. The summed E-state index contributed by atoms with van der Waals surface area (Å²) < 4.78 is 0. The number of hydrogen-bond donors (Lipinski definition) is 2. The van der Waals surface area contributed by atoms with E-state index in [1.165, 1.54) is 0 Å². The van der Waals surface area contributed by atoms with Crippen LogP contribution in [0.1, 0.15) is 53.4 Å². The highest BCUT2D eigenvalue weighted by molar-refractivity contribution is 4.84. The number of rotatable bonds is 6. The van der Waals surface area contributed by atoms with Crippen LogP contribution in [-0.4, -0.2) is 22.4 Å². The summed E-state index contributed by atoms with van der Waals surface area (Å²) >= 11 is 0. The standard InChI is InChI=1S/C11H24O2/c1-5-7-9(12)11(3,4)10(13)8-6-2/h9-10,12-13H,5-8H2,1-4H3. The lowest BCUT2D eigenvalue weighted by atomic mass is 9.77. The number of hydrogen-bond acceptors (Lipinski definition) is 2. The first kappa shape index (κ1) is 12.9. The van der Waals surface area contributed by atoms with Crippen molar-refractivity contribution in [3.8, 4) is 0 Å². The minimum absolute atomic E-state index is 0.369. The van der Waals surface area contributed by atoms with Crippen molar-refractivity contribution in [2.75, 3.05) is 0 Å². The predicted octanol–water partition coefficient (Wildman–Crippen LogP) is 2.33. The lowest BCUT2D eigenvalue weighted by Gasteiger charge is -2.35. The van der Waals surface area contributed by atoms with E-state index in [1.807, 2.05) is 27.7 Å². The van der Waals surface area contributed by atoms with Crippen LogP contribution in [0.15, 0.2) is 0 Å². The first-order chi connectivity index (χ1) is 5.96. The molecule has 0 aromatic rings. The van der Waals surface area contributed by atoms with E-state index in [1.54, 1.807) is 0 Å². The lowest BCUT2D eigenvalue weighted by Crippen LogP contribution is -2.40. The molecule has 0 bridgehead atoms. The molecule has 0 saturated heterocycles. The Morgan fingerprint density at radius 1 is 0.923 bits per heavy atom. The molecule has 2 heteroatoms. The zero-order chi connectivity index (χ0) is 10.5. The van der Waals surface area contributed by atoms with E-state index < -0.39 is 0 Å². The van der Waals surface area contributed by atoms with Gasteiger partial charge in [0.25, 0.3) is 0 Å². The first-order valence-electron chi connectivity index (χ1n) is 5.32. The van der Waals surface area contributed by atoms with Crippen LogP contribution in [0.4, 0.5) is 0 Å². The summed E-state index contributed by atoms with van der Waals surface area (Å²) in [6.45, 7) is 7.97. The van der Waals surface area contributed by atoms with E-state index in [-0.39, 0.29) is 17.6 Å². The molecule has 0 rings (SSSR count). The Labute approximate surface area is 82.0 Å². The first-order valence-corrected chi connectivity index (χ1v) is 5.32. The van der Waals surface area contributed by atoms with Crippen molar-refractivity contribution in [2.45, 2.75) is 65.6 Å². The van der Waals surface area contributed by atoms with Gasteiger partial charge in [0.15, 0.2) is 0 Å². The molecular weight excluding hydrogens is 164 g/mol. The molecule has 0 aliphatic carbocycles. The van der Waals surface area contributed by atoms with Crippen LogP contribution in [0.2, 0.25) is 0 Å². The third-order valence-electron chi connectivity index (χ3n) is 2.84. The van der Waals surface area contributed by atoms with Crippen LogP contribution >= 0.6 is 0 Å². The molecule has 0 amide bonds. The number of aliphatic hydroxyl groups excluding tert-OH is 2. The average Bonchev–Trinajstić information content (AvgIpc) is 2.05. The summed E-state index contributed by atoms with van der Waals surface area (Å²) in [5.41, 5.74) is -0.369. The molecular formula is C11H24O2. The summed E-state index contributed by atoms with van der Waals surface area (Å²) in [7, 11) is 0. The third kappa shape index (κ3) is 3.65. The van der Waals surface area contributed by atoms with E-state index in [2.05, 4.69) is 0 Å². The van der Waals surface area contributed by atoms with Gasteiger partial charge in [0, 0.05) is 5.41 Å². The Morgan fingerprint density at radius 2 is 1.23 bits per heavy atom. The van der Waals surface area contributed by atoms with Crippen LogP contribution in [0.5, 0.6) is 0 Å². The van der Waals surface area contributed by atoms with E-state index >= 15 is 0 Å². The smallest absolute Gasteiger partial charge is 0.0615 e. The van der Waals surface area contributed by atoms with Gasteiger partial charge in [-0.15, -0.1) is 0 Å². The van der Waals surface area contributed by atoms with Gasteiger partial charge in [0.1, 0.15) is 0 Å². The molecule has 80 valence electrons. The van der Waals surface area contributed by atoms with Gasteiger partial charge in [0.2, 0.25) is 0 Å². The van der Waals surface area contributed by atoms with Gasteiger partial charge in [-0.25, -0.2) is 0 Å². The Balaban J connectivity index is 4.17. The maximum atomic E-state index is 9.81. The van der Waals surface area contributed by atoms with Crippen LogP contribution in [-0.2, 0) is 0 Å². The molecule has 0 aliphatic heterocycles. The van der Waals surface area contributed by atoms with Gasteiger partial charge in [0.05, 0.1) is 12.2 Å².